The Hall–Kier alpha value is -3.47. The lowest BCUT2D eigenvalue weighted by Crippen LogP contribution is -2.44. The monoisotopic (exact) mass is 498 g/mol. The number of aromatic nitrogens is 3. The van der Waals surface area contributed by atoms with Crippen molar-refractivity contribution in [3.05, 3.63) is 40.9 Å². The molecule has 2 aromatic heterocycles. The number of hydrogen-bond donors (Lipinski definition) is 2. The molecule has 1 aromatic carbocycles. The fraction of sp³-hybridized carbons (Fsp3) is 0.458. The van der Waals surface area contributed by atoms with E-state index in [4.69, 9.17) is 4.74 Å². The number of thiazole rings is 1. The van der Waals surface area contributed by atoms with E-state index in [0.717, 1.165) is 25.1 Å². The highest BCUT2D eigenvalue weighted by atomic mass is 32.1. The number of fused-ring (bicyclic) bond motifs is 1. The maximum atomic E-state index is 13.0. The number of amides is 2. The number of rotatable bonds is 8. The minimum Gasteiger partial charge on any atom is -0.494 e. The van der Waals surface area contributed by atoms with E-state index >= 15 is 0 Å². The molecule has 4 rings (SSSR count). The quantitative estimate of drug-likeness (QED) is 0.490. The average Bonchev–Trinajstić information content (AvgIpc) is 3.27. The molecule has 2 amide bonds. The van der Waals surface area contributed by atoms with Crippen LogP contribution < -0.4 is 25.8 Å². The molecule has 0 aliphatic carbocycles. The predicted molar refractivity (Wildman–Crippen MR) is 136 cm³/mol. The van der Waals surface area contributed by atoms with Gasteiger partial charge in [-0.1, -0.05) is 11.3 Å². The molecule has 0 unspecified atom stereocenters. The summed E-state index contributed by atoms with van der Waals surface area (Å²) in [5, 5.41) is 6.43. The lowest BCUT2D eigenvalue weighted by molar-refractivity contribution is -0.125. The molecular formula is C24H30N6O4S. The molecule has 1 aliphatic rings. The number of carbonyl (C=O) groups is 2. The topological polar surface area (TPSA) is 118 Å². The Morgan fingerprint density at radius 1 is 1.26 bits per heavy atom. The van der Waals surface area contributed by atoms with Crippen LogP contribution in [0, 0.1) is 5.92 Å². The molecule has 10 nitrogen and oxygen atoms in total. The lowest BCUT2D eigenvalue weighted by Gasteiger charge is -2.32. The maximum Gasteiger partial charge on any atom is 0.273 e. The molecule has 3 aromatic rings. The first kappa shape index (κ1) is 24.6. The lowest BCUT2D eigenvalue weighted by atomic mass is 9.97. The van der Waals surface area contributed by atoms with Gasteiger partial charge in [-0.2, -0.15) is 4.98 Å². The van der Waals surface area contributed by atoms with Crippen molar-refractivity contribution in [3.8, 4) is 5.75 Å². The van der Waals surface area contributed by atoms with E-state index in [2.05, 4.69) is 20.6 Å². The van der Waals surface area contributed by atoms with E-state index in [1.165, 1.54) is 22.2 Å². The SMILES string of the molecule is CCOc1ccc(NC(=O)Cn2cnc3nc(N4CCC[C@@H](C(=O)NC(C)C)C4)sc3c2=O)cc1. The Kier molecular flexibility index (Phi) is 7.64. The molecule has 0 spiro atoms. The summed E-state index contributed by atoms with van der Waals surface area (Å²) in [5.41, 5.74) is 0.653. The molecule has 1 aliphatic heterocycles. The number of carbonyl (C=O) groups excluding carboxylic acids is 2. The number of benzene rings is 1. The van der Waals surface area contributed by atoms with Crippen molar-refractivity contribution in [2.45, 2.75) is 46.2 Å². The molecule has 0 saturated carbocycles. The van der Waals surface area contributed by atoms with Gasteiger partial charge in [0.25, 0.3) is 5.56 Å². The molecule has 3 heterocycles. The number of piperidine rings is 1. The third-order valence-electron chi connectivity index (χ3n) is 5.63. The Morgan fingerprint density at radius 2 is 2.03 bits per heavy atom. The molecule has 0 bridgehead atoms. The van der Waals surface area contributed by atoms with Crippen LogP contribution in [0.5, 0.6) is 5.75 Å². The van der Waals surface area contributed by atoms with Crippen molar-refractivity contribution in [1.82, 2.24) is 19.9 Å². The summed E-state index contributed by atoms with van der Waals surface area (Å²) >= 11 is 1.25. The minimum absolute atomic E-state index is 0.0461. The molecule has 11 heteroatoms. The van der Waals surface area contributed by atoms with Gasteiger partial charge in [-0.25, -0.2) is 4.98 Å². The predicted octanol–water partition coefficient (Wildman–Crippen LogP) is 2.63. The summed E-state index contributed by atoms with van der Waals surface area (Å²) in [5.74, 6) is 0.314. The maximum absolute atomic E-state index is 13.0. The van der Waals surface area contributed by atoms with Crippen molar-refractivity contribution in [3.63, 3.8) is 0 Å². The largest absolute Gasteiger partial charge is 0.494 e. The summed E-state index contributed by atoms with van der Waals surface area (Å²) in [6, 6.07) is 7.13. The van der Waals surface area contributed by atoms with Crippen molar-refractivity contribution < 1.29 is 14.3 Å². The molecule has 1 fully saturated rings. The summed E-state index contributed by atoms with van der Waals surface area (Å²) in [6.45, 7) is 7.52. The number of hydrogen-bond acceptors (Lipinski definition) is 8. The van der Waals surface area contributed by atoms with Crippen molar-refractivity contribution in [2.75, 3.05) is 29.9 Å². The first-order chi connectivity index (χ1) is 16.8. The second-order valence-corrected chi connectivity index (χ2v) is 9.76. The van der Waals surface area contributed by atoms with E-state index in [9.17, 15) is 14.4 Å². The minimum atomic E-state index is -0.336. The van der Waals surface area contributed by atoms with Crippen LogP contribution in [0.25, 0.3) is 10.3 Å². The second-order valence-electron chi connectivity index (χ2n) is 8.78. The van der Waals surface area contributed by atoms with Gasteiger partial charge in [-0.3, -0.25) is 19.0 Å². The standard InChI is InChI=1S/C24H30N6O4S/c1-4-34-18-9-7-17(8-10-18)27-19(31)13-30-14-25-21-20(23(30)33)35-24(28-21)29-11-5-6-16(12-29)22(32)26-15(2)3/h7-10,14-16H,4-6,11-13H2,1-3H3,(H,26,32)(H,27,31)/t16-/m1/s1. The number of nitrogens with zero attached hydrogens (tertiary/aromatic N) is 4. The third-order valence-corrected chi connectivity index (χ3v) is 6.72. The van der Waals surface area contributed by atoms with Gasteiger partial charge in [0.15, 0.2) is 10.8 Å². The molecule has 1 atom stereocenters. The van der Waals surface area contributed by atoms with E-state index in [-0.39, 0.29) is 35.9 Å². The molecule has 0 radical (unpaired) electrons. The summed E-state index contributed by atoms with van der Waals surface area (Å²) < 4.78 is 7.08. The number of ether oxygens (including phenoxy) is 1. The fourth-order valence-corrected chi connectivity index (χ4v) is 5.01. The van der Waals surface area contributed by atoms with Gasteiger partial charge >= 0.3 is 0 Å². The molecule has 2 N–H and O–H groups in total. The smallest absolute Gasteiger partial charge is 0.273 e. The van der Waals surface area contributed by atoms with E-state index in [1.54, 1.807) is 24.3 Å². The van der Waals surface area contributed by atoms with Crippen LogP contribution >= 0.6 is 11.3 Å². The van der Waals surface area contributed by atoms with E-state index < -0.39 is 0 Å². The van der Waals surface area contributed by atoms with Crippen LogP contribution in [0.3, 0.4) is 0 Å². The van der Waals surface area contributed by atoms with Crippen LogP contribution in [0.2, 0.25) is 0 Å². The van der Waals surface area contributed by atoms with Crippen molar-refractivity contribution in [1.29, 1.82) is 0 Å². The summed E-state index contributed by atoms with van der Waals surface area (Å²) in [6.07, 6.45) is 3.05. The average molecular weight is 499 g/mol. The van der Waals surface area contributed by atoms with Gasteiger partial charge in [0.2, 0.25) is 11.8 Å². The highest BCUT2D eigenvalue weighted by molar-refractivity contribution is 7.22. The van der Waals surface area contributed by atoms with Gasteiger partial charge in [0.1, 0.15) is 23.3 Å². The van der Waals surface area contributed by atoms with Crippen molar-refractivity contribution >= 4 is 44.3 Å². The van der Waals surface area contributed by atoms with Gasteiger partial charge in [-0.15, -0.1) is 0 Å². The number of nitrogens with one attached hydrogen (secondary N) is 2. The molecule has 1 saturated heterocycles. The zero-order chi connectivity index (χ0) is 24.9. The van der Waals surface area contributed by atoms with Gasteiger partial charge in [0.05, 0.1) is 12.5 Å². The first-order valence-electron chi connectivity index (χ1n) is 11.8. The first-order valence-corrected chi connectivity index (χ1v) is 12.6. The molecular weight excluding hydrogens is 468 g/mol. The van der Waals surface area contributed by atoms with Crippen LogP contribution in [0.4, 0.5) is 10.8 Å². The second kappa shape index (κ2) is 10.9. The number of anilines is 2. The summed E-state index contributed by atoms with van der Waals surface area (Å²) in [7, 11) is 0. The van der Waals surface area contributed by atoms with Crippen LogP contribution in [-0.2, 0) is 16.1 Å². The van der Waals surface area contributed by atoms with Gasteiger partial charge in [0, 0.05) is 24.8 Å². The summed E-state index contributed by atoms with van der Waals surface area (Å²) in [4.78, 5) is 48.9. The van der Waals surface area contributed by atoms with Crippen LogP contribution in [0.1, 0.15) is 33.6 Å². The Balaban J connectivity index is 1.45. The fourth-order valence-electron chi connectivity index (χ4n) is 4.01. The highest BCUT2D eigenvalue weighted by Crippen LogP contribution is 2.29. The van der Waals surface area contributed by atoms with Crippen LogP contribution in [0.15, 0.2) is 35.4 Å². The van der Waals surface area contributed by atoms with E-state index in [1.807, 2.05) is 25.7 Å². The van der Waals surface area contributed by atoms with Crippen LogP contribution in [-0.4, -0.2) is 52.1 Å². The zero-order valence-corrected chi connectivity index (χ0v) is 20.9. The van der Waals surface area contributed by atoms with Gasteiger partial charge < -0.3 is 20.3 Å². The Labute approximate surface area is 207 Å². The Morgan fingerprint density at radius 3 is 2.74 bits per heavy atom. The highest BCUT2D eigenvalue weighted by Gasteiger charge is 2.28. The third kappa shape index (κ3) is 5.97. The van der Waals surface area contributed by atoms with Crippen molar-refractivity contribution in [2.24, 2.45) is 5.92 Å². The van der Waals surface area contributed by atoms with E-state index in [0.29, 0.717) is 34.3 Å². The normalized spacial score (nSPS) is 15.9. The molecule has 35 heavy (non-hydrogen) atoms. The zero-order valence-electron chi connectivity index (χ0n) is 20.1. The Bertz CT molecular complexity index is 1250. The molecule has 186 valence electrons. The van der Waals surface area contributed by atoms with Gasteiger partial charge in [-0.05, 0) is 57.9 Å².